The lowest BCUT2D eigenvalue weighted by atomic mass is 10.0. The summed E-state index contributed by atoms with van der Waals surface area (Å²) in [6.07, 6.45) is 5.41. The number of phenols is 2. The molecule has 0 aromatic heterocycles. The van der Waals surface area contributed by atoms with Crippen molar-refractivity contribution < 1.29 is 15.1 Å². The summed E-state index contributed by atoms with van der Waals surface area (Å²) in [5.41, 5.74) is 1.60. The van der Waals surface area contributed by atoms with E-state index in [2.05, 4.69) is 12.1 Å². The number of nitrogens with zero attached hydrogens (tertiary/aromatic N) is 1. The monoisotopic (exact) mass is 279 g/mol. The molecular weight excluding hydrogens is 254 g/mol. The second-order valence-electron chi connectivity index (χ2n) is 5.21. The first kappa shape index (κ1) is 16.3. The van der Waals surface area contributed by atoms with Gasteiger partial charge in [-0.1, -0.05) is 31.3 Å². The Balaban J connectivity index is 2.80. The van der Waals surface area contributed by atoms with Crippen LogP contribution in [-0.2, 0) is 4.84 Å². The van der Waals surface area contributed by atoms with Gasteiger partial charge in [0.25, 0.3) is 0 Å². The van der Waals surface area contributed by atoms with E-state index in [9.17, 15) is 10.2 Å². The van der Waals surface area contributed by atoms with Crippen LogP contribution in [0, 0.1) is 0 Å². The van der Waals surface area contributed by atoms with Crippen molar-refractivity contribution in [1.29, 1.82) is 0 Å². The summed E-state index contributed by atoms with van der Waals surface area (Å²) in [4.78, 5) is 5.33. The first-order chi connectivity index (χ1) is 9.54. The topological polar surface area (TPSA) is 62.0 Å². The van der Waals surface area contributed by atoms with E-state index in [-0.39, 0.29) is 17.6 Å². The first-order valence-corrected chi connectivity index (χ1v) is 7.29. The molecule has 0 aliphatic carbocycles. The third kappa shape index (κ3) is 5.51. The summed E-state index contributed by atoms with van der Waals surface area (Å²) in [5.74, 6) is -0.253. The Morgan fingerprint density at radius 2 is 1.90 bits per heavy atom. The van der Waals surface area contributed by atoms with Crippen LogP contribution in [0.4, 0.5) is 0 Å². The van der Waals surface area contributed by atoms with E-state index in [0.717, 1.165) is 30.5 Å². The van der Waals surface area contributed by atoms with Gasteiger partial charge in [0, 0.05) is 5.56 Å². The lowest BCUT2D eigenvalue weighted by molar-refractivity contribution is 0.0856. The minimum Gasteiger partial charge on any atom is -0.504 e. The number of unbranched alkanes of at least 4 members (excludes halogenated alkanes) is 3. The van der Waals surface area contributed by atoms with E-state index in [1.807, 2.05) is 13.8 Å². The maximum absolute atomic E-state index is 9.59. The van der Waals surface area contributed by atoms with Gasteiger partial charge in [-0.15, -0.1) is 0 Å². The van der Waals surface area contributed by atoms with Crippen molar-refractivity contribution in [2.24, 2.45) is 5.16 Å². The van der Waals surface area contributed by atoms with Crippen molar-refractivity contribution in [3.05, 3.63) is 23.8 Å². The van der Waals surface area contributed by atoms with Crippen molar-refractivity contribution >= 4 is 5.71 Å². The smallest absolute Gasteiger partial charge is 0.158 e. The Morgan fingerprint density at radius 1 is 1.15 bits per heavy atom. The van der Waals surface area contributed by atoms with E-state index >= 15 is 0 Å². The SMILES string of the molecule is CCCCCC/C(=N/OC(C)C)c1ccc(O)c(O)c1. The zero-order valence-corrected chi connectivity index (χ0v) is 12.6. The minimum absolute atomic E-state index is 0.0198. The number of aromatic hydroxyl groups is 2. The average Bonchev–Trinajstić information content (AvgIpc) is 2.41. The van der Waals surface area contributed by atoms with Gasteiger partial charge in [0.05, 0.1) is 5.71 Å². The minimum atomic E-state index is -0.131. The first-order valence-electron chi connectivity index (χ1n) is 7.29. The van der Waals surface area contributed by atoms with Crippen LogP contribution in [0.1, 0.15) is 58.4 Å². The molecule has 0 saturated carbocycles. The van der Waals surface area contributed by atoms with Gasteiger partial charge in [-0.25, -0.2) is 0 Å². The standard InChI is InChI=1S/C16H25NO3/c1-4-5-6-7-8-14(17-20-12(2)3)13-9-10-15(18)16(19)11-13/h9-12,18-19H,4-8H2,1-3H3/b17-14-. The quantitative estimate of drug-likeness (QED) is 0.324. The van der Waals surface area contributed by atoms with Crippen LogP contribution >= 0.6 is 0 Å². The molecule has 20 heavy (non-hydrogen) atoms. The molecule has 112 valence electrons. The summed E-state index contributed by atoms with van der Waals surface area (Å²) in [5, 5.41) is 23.1. The molecule has 0 unspecified atom stereocenters. The van der Waals surface area contributed by atoms with Crippen LogP contribution in [-0.4, -0.2) is 22.0 Å². The molecule has 0 aliphatic heterocycles. The molecule has 0 bridgehead atoms. The number of phenolic OH excluding ortho intramolecular Hbond substituents is 2. The van der Waals surface area contributed by atoms with E-state index < -0.39 is 0 Å². The maximum Gasteiger partial charge on any atom is 0.158 e. The Kier molecular flexibility index (Phi) is 6.91. The third-order valence-corrected chi connectivity index (χ3v) is 2.95. The molecule has 0 amide bonds. The fraction of sp³-hybridized carbons (Fsp3) is 0.562. The molecule has 1 rings (SSSR count). The third-order valence-electron chi connectivity index (χ3n) is 2.95. The van der Waals surface area contributed by atoms with Gasteiger partial charge in [0.15, 0.2) is 11.5 Å². The van der Waals surface area contributed by atoms with Gasteiger partial charge in [-0.3, -0.25) is 0 Å². The predicted molar refractivity (Wildman–Crippen MR) is 81.3 cm³/mol. The van der Waals surface area contributed by atoms with Crippen molar-refractivity contribution in [1.82, 2.24) is 0 Å². The van der Waals surface area contributed by atoms with Crippen molar-refractivity contribution in [3.63, 3.8) is 0 Å². The molecule has 0 atom stereocenters. The molecule has 0 aliphatic rings. The van der Waals surface area contributed by atoms with Crippen LogP contribution in [0.3, 0.4) is 0 Å². The van der Waals surface area contributed by atoms with Gasteiger partial charge in [0.1, 0.15) is 6.10 Å². The highest BCUT2D eigenvalue weighted by Gasteiger charge is 2.09. The van der Waals surface area contributed by atoms with Crippen molar-refractivity contribution in [3.8, 4) is 11.5 Å². The molecular formula is C16H25NO3. The van der Waals surface area contributed by atoms with E-state index in [1.165, 1.54) is 25.0 Å². The molecule has 1 aromatic carbocycles. The predicted octanol–water partition coefficient (Wildman–Crippen LogP) is 4.20. The number of rotatable bonds is 8. The summed E-state index contributed by atoms with van der Waals surface area (Å²) in [7, 11) is 0. The molecule has 0 saturated heterocycles. The zero-order valence-electron chi connectivity index (χ0n) is 12.6. The molecule has 0 heterocycles. The molecule has 1 aromatic rings. The lowest BCUT2D eigenvalue weighted by Gasteiger charge is -2.10. The number of hydrogen-bond donors (Lipinski definition) is 2. The van der Waals surface area contributed by atoms with Crippen molar-refractivity contribution in [2.75, 3.05) is 0 Å². The molecule has 4 nitrogen and oxygen atoms in total. The number of benzene rings is 1. The van der Waals surface area contributed by atoms with Crippen LogP contribution in [0.25, 0.3) is 0 Å². The summed E-state index contributed by atoms with van der Waals surface area (Å²) in [6.45, 7) is 6.02. The summed E-state index contributed by atoms with van der Waals surface area (Å²) < 4.78 is 0. The number of oxime groups is 1. The highest BCUT2D eigenvalue weighted by atomic mass is 16.6. The number of hydrogen-bond acceptors (Lipinski definition) is 4. The van der Waals surface area contributed by atoms with Crippen LogP contribution in [0.2, 0.25) is 0 Å². The van der Waals surface area contributed by atoms with E-state index in [1.54, 1.807) is 6.07 Å². The van der Waals surface area contributed by atoms with Crippen molar-refractivity contribution in [2.45, 2.75) is 59.0 Å². The fourth-order valence-corrected chi connectivity index (χ4v) is 1.83. The Bertz CT molecular complexity index is 441. The summed E-state index contributed by atoms with van der Waals surface area (Å²) >= 11 is 0. The average molecular weight is 279 g/mol. The van der Waals surface area contributed by atoms with Gasteiger partial charge in [0.2, 0.25) is 0 Å². The molecule has 0 fully saturated rings. The normalized spacial score (nSPS) is 11.9. The van der Waals surface area contributed by atoms with Crippen LogP contribution in [0.15, 0.2) is 23.4 Å². The highest BCUT2D eigenvalue weighted by Crippen LogP contribution is 2.26. The Labute approximate surface area is 121 Å². The molecule has 2 N–H and O–H groups in total. The Hall–Kier alpha value is -1.71. The second kappa shape index (κ2) is 8.46. The zero-order chi connectivity index (χ0) is 15.0. The van der Waals surface area contributed by atoms with Gasteiger partial charge in [-0.05, 0) is 44.9 Å². The Morgan fingerprint density at radius 3 is 2.50 bits per heavy atom. The lowest BCUT2D eigenvalue weighted by Crippen LogP contribution is -2.05. The van der Waals surface area contributed by atoms with E-state index in [0.29, 0.717) is 0 Å². The molecule has 0 radical (unpaired) electrons. The van der Waals surface area contributed by atoms with Gasteiger partial charge < -0.3 is 15.1 Å². The van der Waals surface area contributed by atoms with Crippen LogP contribution < -0.4 is 0 Å². The maximum atomic E-state index is 9.59. The van der Waals surface area contributed by atoms with Crippen LogP contribution in [0.5, 0.6) is 11.5 Å². The second-order valence-corrected chi connectivity index (χ2v) is 5.21. The fourth-order valence-electron chi connectivity index (χ4n) is 1.83. The van der Waals surface area contributed by atoms with Gasteiger partial charge in [-0.2, -0.15) is 0 Å². The highest BCUT2D eigenvalue weighted by molar-refractivity contribution is 6.00. The molecule has 4 heteroatoms. The molecule has 0 spiro atoms. The van der Waals surface area contributed by atoms with E-state index in [4.69, 9.17) is 4.84 Å². The summed E-state index contributed by atoms with van der Waals surface area (Å²) in [6, 6.07) is 4.75. The van der Waals surface area contributed by atoms with Gasteiger partial charge >= 0.3 is 0 Å². The largest absolute Gasteiger partial charge is 0.504 e.